The molecule has 3 unspecified atom stereocenters. The van der Waals surface area contributed by atoms with Gasteiger partial charge in [0.2, 0.25) is 0 Å². The normalized spacial score (nSPS) is 33.8. The molecular weight excluding hydrogens is 226 g/mol. The van der Waals surface area contributed by atoms with Crippen molar-refractivity contribution in [2.24, 2.45) is 11.7 Å². The van der Waals surface area contributed by atoms with Gasteiger partial charge in [0.05, 0.1) is 6.61 Å². The average molecular weight is 255 g/mol. The topological polar surface area (TPSA) is 41.7 Å². The van der Waals surface area contributed by atoms with Gasteiger partial charge in [-0.1, -0.05) is 0 Å². The second kappa shape index (κ2) is 5.87. The van der Waals surface area contributed by atoms with E-state index in [0.29, 0.717) is 12.0 Å². The number of hydrogen-bond donors (Lipinski definition) is 1. The number of likely N-dealkylation sites (N-methyl/N-ethyl adjacent to an activating group) is 2. The van der Waals surface area contributed by atoms with Crippen molar-refractivity contribution in [1.82, 2.24) is 9.80 Å². The van der Waals surface area contributed by atoms with Gasteiger partial charge >= 0.3 is 0 Å². The van der Waals surface area contributed by atoms with Gasteiger partial charge in [-0.25, -0.2) is 0 Å². The lowest BCUT2D eigenvalue weighted by Crippen LogP contribution is -2.61. The zero-order chi connectivity index (χ0) is 13.2. The third kappa shape index (κ3) is 2.72. The molecule has 0 saturated carbocycles. The van der Waals surface area contributed by atoms with Crippen LogP contribution in [0.3, 0.4) is 0 Å². The first-order valence-electron chi connectivity index (χ1n) is 7.27. The molecule has 0 aromatic rings. The van der Waals surface area contributed by atoms with Crippen molar-refractivity contribution < 1.29 is 4.74 Å². The van der Waals surface area contributed by atoms with Gasteiger partial charge in [-0.3, -0.25) is 4.90 Å². The van der Waals surface area contributed by atoms with Crippen LogP contribution >= 0.6 is 0 Å². The Hall–Kier alpha value is -0.160. The Morgan fingerprint density at radius 1 is 1.44 bits per heavy atom. The van der Waals surface area contributed by atoms with Crippen LogP contribution in [0.2, 0.25) is 0 Å². The minimum absolute atomic E-state index is 0.0827. The molecule has 2 heterocycles. The molecule has 2 fully saturated rings. The highest BCUT2D eigenvalue weighted by Gasteiger charge is 2.41. The number of hydrogen-bond acceptors (Lipinski definition) is 4. The molecule has 4 nitrogen and oxygen atoms in total. The average Bonchev–Trinajstić information content (AvgIpc) is 2.91. The largest absolute Gasteiger partial charge is 0.381 e. The van der Waals surface area contributed by atoms with Crippen LogP contribution in [0.15, 0.2) is 0 Å². The van der Waals surface area contributed by atoms with E-state index in [-0.39, 0.29) is 5.54 Å². The quantitative estimate of drug-likeness (QED) is 0.805. The number of nitrogens with zero attached hydrogens (tertiary/aromatic N) is 2. The number of piperidine rings is 1. The van der Waals surface area contributed by atoms with Crippen molar-refractivity contribution >= 4 is 0 Å². The standard InChI is InChI=1S/C14H29N3O/c1-14(11-15,12-6-8-18-10-12)17(3)13-5-4-7-16(2)9-13/h12-13H,4-11,15H2,1-3H3. The van der Waals surface area contributed by atoms with Gasteiger partial charge in [0.1, 0.15) is 0 Å². The Morgan fingerprint density at radius 2 is 2.22 bits per heavy atom. The van der Waals surface area contributed by atoms with Crippen LogP contribution in [0, 0.1) is 5.92 Å². The summed E-state index contributed by atoms with van der Waals surface area (Å²) in [5, 5.41) is 0. The Bertz CT molecular complexity index is 268. The van der Waals surface area contributed by atoms with E-state index in [9.17, 15) is 0 Å². The predicted molar refractivity (Wildman–Crippen MR) is 74.7 cm³/mol. The summed E-state index contributed by atoms with van der Waals surface area (Å²) in [7, 11) is 4.48. The molecule has 18 heavy (non-hydrogen) atoms. The Morgan fingerprint density at radius 3 is 2.78 bits per heavy atom. The van der Waals surface area contributed by atoms with Crippen molar-refractivity contribution in [2.45, 2.75) is 37.8 Å². The fourth-order valence-electron chi connectivity index (χ4n) is 3.50. The highest BCUT2D eigenvalue weighted by Crippen LogP contribution is 2.32. The lowest BCUT2D eigenvalue weighted by molar-refractivity contribution is 0.00799. The molecule has 2 aliphatic rings. The first-order chi connectivity index (χ1) is 8.58. The van der Waals surface area contributed by atoms with Crippen LogP contribution in [0.25, 0.3) is 0 Å². The third-order valence-corrected chi connectivity index (χ3v) is 5.18. The van der Waals surface area contributed by atoms with E-state index in [1.165, 1.54) is 25.9 Å². The maximum atomic E-state index is 6.12. The van der Waals surface area contributed by atoms with E-state index < -0.39 is 0 Å². The molecule has 2 rings (SSSR count). The predicted octanol–water partition coefficient (Wildman–Crippen LogP) is 0.766. The van der Waals surface area contributed by atoms with Crippen molar-refractivity contribution in [3.63, 3.8) is 0 Å². The number of nitrogens with two attached hydrogens (primary N) is 1. The fraction of sp³-hybridized carbons (Fsp3) is 1.00. The summed E-state index contributed by atoms with van der Waals surface area (Å²) in [4.78, 5) is 4.98. The molecule has 0 amide bonds. The zero-order valence-corrected chi connectivity index (χ0v) is 12.2. The summed E-state index contributed by atoms with van der Waals surface area (Å²) >= 11 is 0. The molecule has 0 radical (unpaired) electrons. The first-order valence-corrected chi connectivity index (χ1v) is 7.27. The lowest BCUT2D eigenvalue weighted by Gasteiger charge is -2.48. The van der Waals surface area contributed by atoms with E-state index in [0.717, 1.165) is 26.2 Å². The molecule has 0 bridgehead atoms. The molecule has 0 aromatic carbocycles. The van der Waals surface area contributed by atoms with Crippen LogP contribution in [-0.4, -0.2) is 68.3 Å². The molecule has 0 aliphatic carbocycles. The second-order valence-electron chi connectivity index (χ2n) is 6.29. The molecular formula is C14H29N3O. The van der Waals surface area contributed by atoms with Crippen LogP contribution < -0.4 is 5.73 Å². The van der Waals surface area contributed by atoms with Gasteiger partial charge in [0, 0.05) is 37.2 Å². The van der Waals surface area contributed by atoms with Gasteiger partial charge in [-0.05, 0) is 46.8 Å². The van der Waals surface area contributed by atoms with Gasteiger partial charge in [0.15, 0.2) is 0 Å². The Balaban J connectivity index is 2.05. The summed E-state index contributed by atoms with van der Waals surface area (Å²) in [6.45, 7) is 7.22. The molecule has 3 atom stereocenters. The third-order valence-electron chi connectivity index (χ3n) is 5.18. The minimum Gasteiger partial charge on any atom is -0.381 e. The van der Waals surface area contributed by atoms with Gasteiger partial charge in [-0.15, -0.1) is 0 Å². The molecule has 2 aliphatic heterocycles. The lowest BCUT2D eigenvalue weighted by atomic mass is 9.82. The van der Waals surface area contributed by atoms with Crippen molar-refractivity contribution in [3.05, 3.63) is 0 Å². The van der Waals surface area contributed by atoms with Gasteiger partial charge in [0.25, 0.3) is 0 Å². The Labute approximate surface area is 111 Å². The molecule has 2 N–H and O–H groups in total. The summed E-state index contributed by atoms with van der Waals surface area (Å²) in [6, 6.07) is 0.637. The smallest absolute Gasteiger partial charge is 0.0513 e. The van der Waals surface area contributed by atoms with Crippen LogP contribution in [-0.2, 0) is 4.74 Å². The molecule has 0 spiro atoms. The van der Waals surface area contributed by atoms with Crippen molar-refractivity contribution in [2.75, 3.05) is 46.9 Å². The van der Waals surface area contributed by atoms with Gasteiger partial charge < -0.3 is 15.4 Å². The van der Waals surface area contributed by atoms with Gasteiger partial charge in [-0.2, -0.15) is 0 Å². The first kappa shape index (κ1) is 14.3. The molecule has 2 saturated heterocycles. The van der Waals surface area contributed by atoms with E-state index >= 15 is 0 Å². The fourth-order valence-corrected chi connectivity index (χ4v) is 3.50. The van der Waals surface area contributed by atoms with E-state index in [1.807, 2.05) is 0 Å². The van der Waals surface area contributed by atoms with E-state index in [1.54, 1.807) is 0 Å². The summed E-state index contributed by atoms with van der Waals surface area (Å²) in [5.74, 6) is 0.583. The van der Waals surface area contributed by atoms with E-state index in [2.05, 4.69) is 30.8 Å². The number of likely N-dealkylation sites (tertiary alicyclic amines) is 1. The van der Waals surface area contributed by atoms with E-state index in [4.69, 9.17) is 10.5 Å². The van der Waals surface area contributed by atoms with Crippen molar-refractivity contribution in [3.8, 4) is 0 Å². The maximum Gasteiger partial charge on any atom is 0.0513 e. The highest BCUT2D eigenvalue weighted by atomic mass is 16.5. The minimum atomic E-state index is 0.0827. The van der Waals surface area contributed by atoms with Crippen LogP contribution in [0.5, 0.6) is 0 Å². The zero-order valence-electron chi connectivity index (χ0n) is 12.2. The maximum absolute atomic E-state index is 6.12. The second-order valence-corrected chi connectivity index (χ2v) is 6.29. The highest BCUT2D eigenvalue weighted by molar-refractivity contribution is 4.97. The van der Waals surface area contributed by atoms with Crippen molar-refractivity contribution in [1.29, 1.82) is 0 Å². The summed E-state index contributed by atoms with van der Waals surface area (Å²) in [5.41, 5.74) is 6.20. The number of ether oxygens (including phenoxy) is 1. The summed E-state index contributed by atoms with van der Waals surface area (Å²) < 4.78 is 5.57. The number of rotatable bonds is 4. The SMILES string of the molecule is CN1CCCC(N(C)C(C)(CN)C2CCOC2)C1. The summed E-state index contributed by atoms with van der Waals surface area (Å²) in [6.07, 6.45) is 3.75. The molecule has 4 heteroatoms. The van der Waals surface area contributed by atoms with Crippen LogP contribution in [0.4, 0.5) is 0 Å². The Kier molecular flexibility index (Phi) is 4.64. The monoisotopic (exact) mass is 255 g/mol. The molecule has 0 aromatic heterocycles. The molecule has 106 valence electrons. The van der Waals surface area contributed by atoms with Crippen LogP contribution in [0.1, 0.15) is 26.2 Å².